The van der Waals surface area contributed by atoms with Crippen molar-refractivity contribution < 1.29 is 40.7 Å². The van der Waals surface area contributed by atoms with Gasteiger partial charge in [0, 0.05) is 48.3 Å². The van der Waals surface area contributed by atoms with Crippen molar-refractivity contribution in [3.63, 3.8) is 0 Å². The van der Waals surface area contributed by atoms with Crippen molar-refractivity contribution in [3.05, 3.63) is 70.9 Å². The molecule has 4 rings (SSSR count). The van der Waals surface area contributed by atoms with E-state index in [0.717, 1.165) is 16.5 Å². The van der Waals surface area contributed by atoms with Crippen LogP contribution < -0.4 is 11.1 Å². The van der Waals surface area contributed by atoms with Gasteiger partial charge in [0.05, 0.1) is 24.2 Å². The second kappa shape index (κ2) is 11.2. The Morgan fingerprint density at radius 3 is 2.25 bits per heavy atom. The number of rotatable bonds is 7. The molecule has 3 aromatic rings. The first-order valence-electron chi connectivity index (χ1n) is 12.1. The van der Waals surface area contributed by atoms with E-state index in [2.05, 4.69) is 10.3 Å². The van der Waals surface area contributed by atoms with Gasteiger partial charge in [-0.15, -0.1) is 0 Å². The Morgan fingerprint density at radius 1 is 0.975 bits per heavy atom. The zero-order chi connectivity index (χ0) is 29.2. The van der Waals surface area contributed by atoms with Crippen LogP contribution in [0.5, 0.6) is 0 Å². The Morgan fingerprint density at radius 2 is 1.62 bits per heavy atom. The van der Waals surface area contributed by atoms with Crippen molar-refractivity contribution in [2.45, 2.75) is 24.8 Å². The Labute approximate surface area is 224 Å². The first-order valence-corrected chi connectivity index (χ1v) is 12.1. The van der Waals surface area contributed by atoms with Crippen LogP contribution in [0.1, 0.15) is 27.0 Å². The largest absolute Gasteiger partial charge is 0.416 e. The van der Waals surface area contributed by atoms with Crippen LogP contribution in [-0.4, -0.2) is 71.3 Å². The van der Waals surface area contributed by atoms with Gasteiger partial charge >= 0.3 is 12.4 Å². The molecule has 1 aliphatic heterocycles. The predicted molar refractivity (Wildman–Crippen MR) is 132 cm³/mol. The van der Waals surface area contributed by atoms with E-state index in [1.54, 1.807) is 17.2 Å². The van der Waals surface area contributed by atoms with Gasteiger partial charge in [0.15, 0.2) is 0 Å². The van der Waals surface area contributed by atoms with Crippen LogP contribution in [0.25, 0.3) is 10.9 Å². The van der Waals surface area contributed by atoms with Crippen LogP contribution in [0.15, 0.2) is 48.7 Å². The summed E-state index contributed by atoms with van der Waals surface area (Å²) >= 11 is 0. The molecule has 1 aliphatic rings. The SMILES string of the molecule is NC(=O)CNC(=O)CN1CCN(C(=O)c2cc(C(F)(F)F)cc(C(F)(F)F)c2)[C@H](Cc2c[nH]c3ccccc23)C1. The number of primary amides is 1. The third-order valence-electron chi connectivity index (χ3n) is 6.62. The van der Waals surface area contributed by atoms with Crippen molar-refractivity contribution in [2.24, 2.45) is 5.73 Å². The van der Waals surface area contributed by atoms with Gasteiger partial charge in [-0.25, -0.2) is 0 Å². The summed E-state index contributed by atoms with van der Waals surface area (Å²) < 4.78 is 80.6. The summed E-state index contributed by atoms with van der Waals surface area (Å²) in [5, 5.41) is 3.20. The molecule has 1 aromatic heterocycles. The van der Waals surface area contributed by atoms with Crippen molar-refractivity contribution >= 4 is 28.6 Å². The fraction of sp³-hybridized carbons (Fsp3) is 0.346. The molecule has 0 radical (unpaired) electrons. The monoisotopic (exact) mass is 569 g/mol. The molecule has 40 heavy (non-hydrogen) atoms. The normalized spacial score (nSPS) is 16.8. The lowest BCUT2D eigenvalue weighted by Gasteiger charge is -2.41. The molecule has 2 heterocycles. The number of aromatic amines is 1. The number of hydrogen-bond donors (Lipinski definition) is 3. The van der Waals surface area contributed by atoms with Crippen molar-refractivity contribution in [3.8, 4) is 0 Å². The Kier molecular flexibility index (Phi) is 8.10. The lowest BCUT2D eigenvalue weighted by molar-refractivity contribution is -0.143. The Hall–Kier alpha value is -4.07. The minimum Gasteiger partial charge on any atom is -0.368 e. The lowest BCUT2D eigenvalue weighted by atomic mass is 9.98. The molecule has 8 nitrogen and oxygen atoms in total. The summed E-state index contributed by atoms with van der Waals surface area (Å²) in [6, 6.07) is 7.41. The second-order valence-electron chi connectivity index (χ2n) is 9.49. The average Bonchev–Trinajstić information content (AvgIpc) is 3.29. The fourth-order valence-electron chi connectivity index (χ4n) is 4.75. The number of halogens is 6. The molecule has 2 aromatic carbocycles. The number of H-pyrrole nitrogens is 1. The number of carbonyl (C=O) groups is 3. The summed E-state index contributed by atoms with van der Waals surface area (Å²) in [4.78, 5) is 42.7. The standard InChI is InChI=1S/C26H25F6N5O3/c27-25(28,29)17-7-15(8-18(10-17)26(30,31)32)24(40)37-6-5-36(14-23(39)35-12-22(33)38)13-19(37)9-16-11-34-21-4-2-1-3-20(16)21/h1-4,7-8,10-11,19,34H,5-6,9,12-14H2,(H2,33,38)(H,35,39)/t19-/m1/s1. The zero-order valence-electron chi connectivity index (χ0n) is 20.9. The van der Waals surface area contributed by atoms with Crippen LogP contribution in [0.2, 0.25) is 0 Å². The molecule has 1 saturated heterocycles. The number of alkyl halides is 6. The highest BCUT2D eigenvalue weighted by molar-refractivity contribution is 5.95. The van der Waals surface area contributed by atoms with Crippen molar-refractivity contribution in [1.29, 1.82) is 0 Å². The molecule has 4 N–H and O–H groups in total. The maximum atomic E-state index is 13.5. The number of nitrogens with two attached hydrogens (primary N) is 1. The molecule has 0 bridgehead atoms. The molecule has 14 heteroatoms. The van der Waals surface area contributed by atoms with Crippen LogP contribution in [0.4, 0.5) is 26.3 Å². The molecule has 0 saturated carbocycles. The molecule has 0 spiro atoms. The molecule has 1 atom stereocenters. The first-order chi connectivity index (χ1) is 18.7. The fourth-order valence-corrected chi connectivity index (χ4v) is 4.75. The highest BCUT2D eigenvalue weighted by Gasteiger charge is 2.39. The number of hydrogen-bond acceptors (Lipinski definition) is 4. The number of para-hydroxylation sites is 1. The summed E-state index contributed by atoms with van der Waals surface area (Å²) in [6.07, 6.45) is -8.27. The van der Waals surface area contributed by atoms with Crippen LogP contribution in [0, 0.1) is 0 Å². The highest BCUT2D eigenvalue weighted by atomic mass is 19.4. The number of benzene rings is 2. The molecular formula is C26H25F6N5O3. The molecule has 0 unspecified atom stereocenters. The number of carbonyl (C=O) groups excluding carboxylic acids is 3. The number of fused-ring (bicyclic) bond motifs is 1. The van der Waals surface area contributed by atoms with Gasteiger partial charge in [-0.1, -0.05) is 18.2 Å². The second-order valence-corrected chi connectivity index (χ2v) is 9.49. The number of piperazine rings is 1. The lowest BCUT2D eigenvalue weighted by Crippen LogP contribution is -2.57. The topological polar surface area (TPSA) is 112 Å². The third kappa shape index (κ3) is 6.73. The summed E-state index contributed by atoms with van der Waals surface area (Å²) in [5.74, 6) is -2.23. The van der Waals surface area contributed by atoms with E-state index in [9.17, 15) is 40.7 Å². The minimum atomic E-state index is -5.10. The van der Waals surface area contributed by atoms with E-state index in [4.69, 9.17) is 5.73 Å². The number of amides is 3. The van der Waals surface area contributed by atoms with Gasteiger partial charge in [-0.2, -0.15) is 26.3 Å². The van der Waals surface area contributed by atoms with E-state index < -0.39 is 52.8 Å². The van der Waals surface area contributed by atoms with Gasteiger partial charge in [-0.05, 0) is 36.2 Å². The maximum absolute atomic E-state index is 13.5. The number of nitrogens with one attached hydrogen (secondary N) is 2. The molecule has 0 aliphatic carbocycles. The van der Waals surface area contributed by atoms with E-state index in [0.29, 0.717) is 12.1 Å². The van der Waals surface area contributed by atoms with Crippen LogP contribution in [-0.2, 0) is 28.4 Å². The predicted octanol–water partition coefficient (Wildman–Crippen LogP) is 3.18. The maximum Gasteiger partial charge on any atom is 0.416 e. The quantitative estimate of drug-likeness (QED) is 0.380. The van der Waals surface area contributed by atoms with E-state index in [1.165, 1.54) is 4.90 Å². The van der Waals surface area contributed by atoms with Gasteiger partial charge in [-0.3, -0.25) is 19.3 Å². The highest BCUT2D eigenvalue weighted by Crippen LogP contribution is 2.37. The Balaban J connectivity index is 1.65. The first kappa shape index (κ1) is 28.9. The average molecular weight is 570 g/mol. The summed E-state index contributed by atoms with van der Waals surface area (Å²) in [7, 11) is 0. The number of aromatic nitrogens is 1. The van der Waals surface area contributed by atoms with Crippen molar-refractivity contribution in [1.82, 2.24) is 20.1 Å². The zero-order valence-corrected chi connectivity index (χ0v) is 20.9. The molecule has 214 valence electrons. The summed E-state index contributed by atoms with van der Waals surface area (Å²) in [6.45, 7) is -0.368. The van der Waals surface area contributed by atoms with Gasteiger partial charge in [0.1, 0.15) is 0 Å². The smallest absolute Gasteiger partial charge is 0.368 e. The Bertz CT molecular complexity index is 1390. The van der Waals surface area contributed by atoms with E-state index in [-0.39, 0.29) is 45.2 Å². The van der Waals surface area contributed by atoms with E-state index in [1.807, 2.05) is 18.2 Å². The molecular weight excluding hydrogens is 544 g/mol. The van der Waals surface area contributed by atoms with Crippen molar-refractivity contribution in [2.75, 3.05) is 32.7 Å². The third-order valence-corrected chi connectivity index (χ3v) is 6.62. The molecule has 1 fully saturated rings. The van der Waals surface area contributed by atoms with Gasteiger partial charge < -0.3 is 20.9 Å². The minimum absolute atomic E-state index is 0.0250. The van der Waals surface area contributed by atoms with Crippen LogP contribution >= 0.6 is 0 Å². The molecule has 3 amide bonds. The van der Waals surface area contributed by atoms with E-state index >= 15 is 0 Å². The van der Waals surface area contributed by atoms with Crippen LogP contribution in [0.3, 0.4) is 0 Å². The van der Waals surface area contributed by atoms with Gasteiger partial charge in [0.2, 0.25) is 11.8 Å². The summed E-state index contributed by atoms with van der Waals surface area (Å²) in [5.41, 5.74) is 2.73. The van der Waals surface area contributed by atoms with Gasteiger partial charge in [0.25, 0.3) is 5.91 Å². The number of nitrogens with zero attached hydrogens (tertiary/aromatic N) is 2.